The molecule has 6 nitrogen and oxygen atoms in total. The van der Waals surface area contributed by atoms with Gasteiger partial charge in [0.1, 0.15) is 0 Å². The Morgan fingerprint density at radius 1 is 1.37 bits per heavy atom. The molecule has 19 heavy (non-hydrogen) atoms. The van der Waals surface area contributed by atoms with Crippen LogP contribution in [0, 0.1) is 22.0 Å². The van der Waals surface area contributed by atoms with Crippen LogP contribution in [0.3, 0.4) is 0 Å². The maximum atomic E-state index is 12.1. The Morgan fingerprint density at radius 3 is 2.63 bits per heavy atom. The van der Waals surface area contributed by atoms with Gasteiger partial charge >= 0.3 is 0 Å². The van der Waals surface area contributed by atoms with Crippen LogP contribution in [0.2, 0.25) is 0 Å². The highest BCUT2D eigenvalue weighted by molar-refractivity contribution is 5.93. The Hall–Kier alpha value is -1.95. The molecule has 0 radical (unpaired) electrons. The van der Waals surface area contributed by atoms with Gasteiger partial charge in [0, 0.05) is 23.7 Å². The molecular weight excluding hydrogens is 246 g/mol. The monoisotopic (exact) mass is 263 g/mol. The van der Waals surface area contributed by atoms with Gasteiger partial charge in [-0.3, -0.25) is 14.9 Å². The molecule has 0 heterocycles. The van der Waals surface area contributed by atoms with Crippen molar-refractivity contribution in [2.24, 2.45) is 17.6 Å². The first-order chi connectivity index (χ1) is 9.11. The molecule has 0 aliphatic heterocycles. The second-order valence-corrected chi connectivity index (χ2v) is 4.83. The number of benzene rings is 1. The fraction of sp³-hybridized carbons (Fsp3) is 0.462. The quantitative estimate of drug-likeness (QED) is 0.640. The lowest BCUT2D eigenvalue weighted by atomic mass is 9.95. The number of nitro benzene ring substituents is 1. The molecule has 2 unspecified atom stereocenters. The third-order valence-electron chi connectivity index (χ3n) is 3.64. The Kier molecular flexibility index (Phi) is 4.11. The third-order valence-corrected chi connectivity index (χ3v) is 3.64. The van der Waals surface area contributed by atoms with Gasteiger partial charge in [0.05, 0.1) is 4.92 Å². The van der Waals surface area contributed by atoms with Crippen molar-refractivity contribution in [3.8, 4) is 0 Å². The second-order valence-electron chi connectivity index (χ2n) is 4.83. The van der Waals surface area contributed by atoms with Crippen LogP contribution in [-0.2, 0) is 4.79 Å². The first kappa shape index (κ1) is 13.5. The Labute approximate surface area is 111 Å². The van der Waals surface area contributed by atoms with Crippen molar-refractivity contribution < 1.29 is 9.72 Å². The first-order valence-electron chi connectivity index (χ1n) is 6.37. The van der Waals surface area contributed by atoms with Crippen LogP contribution >= 0.6 is 0 Å². The fourth-order valence-electron chi connectivity index (χ4n) is 2.57. The summed E-state index contributed by atoms with van der Waals surface area (Å²) in [5.41, 5.74) is 6.25. The number of nitrogens with zero attached hydrogens (tertiary/aromatic N) is 1. The van der Waals surface area contributed by atoms with E-state index in [1.807, 2.05) is 0 Å². The molecule has 0 aromatic heterocycles. The zero-order valence-corrected chi connectivity index (χ0v) is 10.5. The maximum Gasteiger partial charge on any atom is 0.269 e. The minimum Gasteiger partial charge on any atom is -0.330 e. The smallest absolute Gasteiger partial charge is 0.269 e. The highest BCUT2D eigenvalue weighted by Gasteiger charge is 2.31. The van der Waals surface area contributed by atoms with E-state index in [2.05, 4.69) is 5.32 Å². The molecule has 2 rings (SSSR count). The van der Waals surface area contributed by atoms with E-state index in [-0.39, 0.29) is 23.4 Å². The summed E-state index contributed by atoms with van der Waals surface area (Å²) in [7, 11) is 0. The van der Waals surface area contributed by atoms with E-state index in [0.717, 1.165) is 19.3 Å². The molecule has 0 saturated heterocycles. The lowest BCUT2D eigenvalue weighted by molar-refractivity contribution is -0.384. The van der Waals surface area contributed by atoms with Crippen molar-refractivity contribution >= 4 is 17.3 Å². The molecule has 1 saturated carbocycles. The topological polar surface area (TPSA) is 98.3 Å². The Morgan fingerprint density at radius 2 is 2.05 bits per heavy atom. The van der Waals surface area contributed by atoms with Crippen molar-refractivity contribution in [2.75, 3.05) is 11.9 Å². The van der Waals surface area contributed by atoms with E-state index in [4.69, 9.17) is 5.73 Å². The van der Waals surface area contributed by atoms with Crippen LogP contribution in [0.15, 0.2) is 24.3 Å². The lowest BCUT2D eigenvalue weighted by Crippen LogP contribution is -2.29. The number of non-ortho nitro benzene ring substituents is 1. The number of carbonyl (C=O) groups excluding carboxylic acids is 1. The van der Waals surface area contributed by atoms with E-state index in [9.17, 15) is 14.9 Å². The number of amides is 1. The van der Waals surface area contributed by atoms with Gasteiger partial charge in [0.25, 0.3) is 5.69 Å². The van der Waals surface area contributed by atoms with Gasteiger partial charge in [0.2, 0.25) is 5.91 Å². The average molecular weight is 263 g/mol. The van der Waals surface area contributed by atoms with E-state index in [1.165, 1.54) is 12.1 Å². The summed E-state index contributed by atoms with van der Waals surface area (Å²) >= 11 is 0. The van der Waals surface area contributed by atoms with Gasteiger partial charge < -0.3 is 11.1 Å². The number of carbonyl (C=O) groups is 1. The predicted molar refractivity (Wildman–Crippen MR) is 71.6 cm³/mol. The molecule has 0 spiro atoms. The normalized spacial score (nSPS) is 22.2. The molecule has 1 amide bonds. The highest BCUT2D eigenvalue weighted by atomic mass is 16.6. The highest BCUT2D eigenvalue weighted by Crippen LogP contribution is 2.31. The molecule has 102 valence electrons. The number of anilines is 1. The molecule has 1 aliphatic carbocycles. The molecule has 1 aliphatic rings. The number of rotatable bonds is 4. The van der Waals surface area contributed by atoms with Crippen molar-refractivity contribution in [3.05, 3.63) is 34.4 Å². The summed E-state index contributed by atoms with van der Waals surface area (Å²) in [6.45, 7) is 0.526. The summed E-state index contributed by atoms with van der Waals surface area (Å²) in [4.78, 5) is 22.2. The molecule has 2 atom stereocenters. The molecule has 1 aromatic rings. The maximum absolute atomic E-state index is 12.1. The molecule has 3 N–H and O–H groups in total. The van der Waals surface area contributed by atoms with Crippen LogP contribution < -0.4 is 11.1 Å². The zero-order chi connectivity index (χ0) is 13.8. The first-order valence-corrected chi connectivity index (χ1v) is 6.37. The number of hydrogen-bond donors (Lipinski definition) is 2. The van der Waals surface area contributed by atoms with E-state index < -0.39 is 4.92 Å². The number of nitrogens with two attached hydrogens (primary N) is 1. The zero-order valence-electron chi connectivity index (χ0n) is 10.5. The van der Waals surface area contributed by atoms with Gasteiger partial charge in [-0.05, 0) is 37.4 Å². The summed E-state index contributed by atoms with van der Waals surface area (Å²) in [6, 6.07) is 5.85. The van der Waals surface area contributed by atoms with Gasteiger partial charge in [0.15, 0.2) is 0 Å². The largest absolute Gasteiger partial charge is 0.330 e. The van der Waals surface area contributed by atoms with Crippen LogP contribution in [0.25, 0.3) is 0 Å². The predicted octanol–water partition coefficient (Wildman–Crippen LogP) is 1.91. The van der Waals surface area contributed by atoms with E-state index in [1.54, 1.807) is 12.1 Å². The summed E-state index contributed by atoms with van der Waals surface area (Å²) in [6.07, 6.45) is 2.88. The standard InChI is InChI=1S/C13H17N3O3/c14-8-9-2-1-3-12(9)13(17)15-10-4-6-11(7-5-10)16(18)19/h4-7,9,12H,1-3,8,14H2,(H,15,17). The van der Waals surface area contributed by atoms with E-state index >= 15 is 0 Å². The Balaban J connectivity index is 2.00. The van der Waals surface area contributed by atoms with E-state index in [0.29, 0.717) is 12.2 Å². The number of hydrogen-bond acceptors (Lipinski definition) is 4. The van der Waals surface area contributed by atoms with Crippen molar-refractivity contribution in [2.45, 2.75) is 19.3 Å². The molecular formula is C13H17N3O3. The van der Waals surface area contributed by atoms with Crippen molar-refractivity contribution in [3.63, 3.8) is 0 Å². The molecule has 1 fully saturated rings. The molecule has 6 heteroatoms. The van der Waals surface area contributed by atoms with Gasteiger partial charge in [-0.2, -0.15) is 0 Å². The summed E-state index contributed by atoms with van der Waals surface area (Å²) in [5, 5.41) is 13.3. The Bertz CT molecular complexity index is 473. The van der Waals surface area contributed by atoms with Crippen molar-refractivity contribution in [1.29, 1.82) is 0 Å². The lowest BCUT2D eigenvalue weighted by Gasteiger charge is -2.17. The average Bonchev–Trinajstić information content (AvgIpc) is 2.87. The summed E-state index contributed by atoms with van der Waals surface area (Å²) < 4.78 is 0. The molecule has 1 aromatic carbocycles. The second kappa shape index (κ2) is 5.79. The summed E-state index contributed by atoms with van der Waals surface area (Å²) in [5.74, 6) is 0.167. The minimum atomic E-state index is -0.465. The number of nitrogens with one attached hydrogen (secondary N) is 1. The molecule has 0 bridgehead atoms. The van der Waals surface area contributed by atoms with Crippen LogP contribution in [-0.4, -0.2) is 17.4 Å². The van der Waals surface area contributed by atoms with Crippen molar-refractivity contribution in [1.82, 2.24) is 0 Å². The van der Waals surface area contributed by atoms with Crippen LogP contribution in [0.1, 0.15) is 19.3 Å². The van der Waals surface area contributed by atoms with Gasteiger partial charge in [-0.1, -0.05) is 6.42 Å². The third kappa shape index (κ3) is 3.08. The van der Waals surface area contributed by atoms with Gasteiger partial charge in [-0.15, -0.1) is 0 Å². The van der Waals surface area contributed by atoms with Gasteiger partial charge in [-0.25, -0.2) is 0 Å². The van der Waals surface area contributed by atoms with Crippen LogP contribution in [0.4, 0.5) is 11.4 Å². The van der Waals surface area contributed by atoms with Crippen LogP contribution in [0.5, 0.6) is 0 Å². The SMILES string of the molecule is NCC1CCCC1C(=O)Nc1ccc([N+](=O)[O-])cc1. The minimum absolute atomic E-state index is 0.0127. The fourth-order valence-corrected chi connectivity index (χ4v) is 2.57. The number of nitro groups is 1.